The summed E-state index contributed by atoms with van der Waals surface area (Å²) in [6.45, 7) is 1.73. The molecule has 0 radical (unpaired) electrons. The average Bonchev–Trinajstić information content (AvgIpc) is 2.63. The zero-order valence-corrected chi connectivity index (χ0v) is 14.1. The van der Waals surface area contributed by atoms with Gasteiger partial charge in [-0.2, -0.15) is 0 Å². The van der Waals surface area contributed by atoms with Crippen LogP contribution in [0.3, 0.4) is 0 Å². The summed E-state index contributed by atoms with van der Waals surface area (Å²) in [5.74, 6) is -0.0338. The van der Waals surface area contributed by atoms with E-state index in [9.17, 15) is 9.18 Å². The summed E-state index contributed by atoms with van der Waals surface area (Å²) in [5, 5.41) is 6.57. The molecule has 0 aromatic carbocycles. The number of aromatic nitrogens is 2. The summed E-state index contributed by atoms with van der Waals surface area (Å²) in [6, 6.07) is 0.116. The molecule has 0 amide bonds. The van der Waals surface area contributed by atoms with Crippen molar-refractivity contribution in [2.24, 2.45) is 5.92 Å². The van der Waals surface area contributed by atoms with Crippen LogP contribution in [0.15, 0.2) is 6.20 Å². The van der Waals surface area contributed by atoms with Gasteiger partial charge in [0, 0.05) is 18.5 Å². The molecule has 1 aliphatic heterocycles. The van der Waals surface area contributed by atoms with Crippen molar-refractivity contribution in [3.8, 4) is 0 Å². The van der Waals surface area contributed by atoms with Gasteiger partial charge in [0.2, 0.25) is 5.95 Å². The van der Waals surface area contributed by atoms with Gasteiger partial charge in [-0.05, 0) is 38.6 Å². The minimum absolute atomic E-state index is 0.0799. The molecular formula is C17H25FN4O2. The topological polar surface area (TPSA) is 76.1 Å². The Balaban J connectivity index is 1.67. The monoisotopic (exact) mass is 336 g/mol. The van der Waals surface area contributed by atoms with E-state index >= 15 is 0 Å². The standard InChI is InChI=1S/C17H25FN4O2/c1-24-16(23)11-4-2-6-13(8-11)21-17-20-10-14(18)15(22-17)12-5-3-7-19-9-12/h10-13,19H,2-9H2,1H3,(H,20,21,22)/t11-,12?,13+/m0/s1. The summed E-state index contributed by atoms with van der Waals surface area (Å²) in [6.07, 6.45) is 6.68. The van der Waals surface area contributed by atoms with Gasteiger partial charge in [0.25, 0.3) is 0 Å². The summed E-state index contributed by atoms with van der Waals surface area (Å²) >= 11 is 0. The molecule has 6 nitrogen and oxygen atoms in total. The maximum atomic E-state index is 14.1. The zero-order chi connectivity index (χ0) is 16.9. The molecule has 1 aromatic heterocycles. The van der Waals surface area contributed by atoms with Crippen LogP contribution in [0.25, 0.3) is 0 Å². The van der Waals surface area contributed by atoms with Crippen LogP contribution in [-0.2, 0) is 9.53 Å². The van der Waals surface area contributed by atoms with Gasteiger partial charge in [0.15, 0.2) is 5.82 Å². The molecule has 3 atom stereocenters. The van der Waals surface area contributed by atoms with Gasteiger partial charge in [0.05, 0.1) is 24.9 Å². The van der Waals surface area contributed by atoms with E-state index in [1.165, 1.54) is 13.3 Å². The van der Waals surface area contributed by atoms with Crippen LogP contribution in [0.4, 0.5) is 10.3 Å². The first-order chi connectivity index (χ1) is 11.7. The second-order valence-electron chi connectivity index (χ2n) is 6.70. The fraction of sp³-hybridized carbons (Fsp3) is 0.706. The lowest BCUT2D eigenvalue weighted by molar-refractivity contribution is -0.146. The Hall–Kier alpha value is -1.76. The average molecular weight is 336 g/mol. The van der Waals surface area contributed by atoms with E-state index in [4.69, 9.17) is 4.74 Å². The maximum Gasteiger partial charge on any atom is 0.308 e. The molecule has 132 valence electrons. The van der Waals surface area contributed by atoms with Crippen LogP contribution in [0.5, 0.6) is 0 Å². The molecule has 7 heteroatoms. The molecule has 24 heavy (non-hydrogen) atoms. The SMILES string of the molecule is COC(=O)[C@H]1CCC[C@@H](Nc2ncc(F)c(C3CCCNC3)n2)C1. The fourth-order valence-electron chi connectivity index (χ4n) is 3.71. The number of piperidine rings is 1. The molecule has 2 N–H and O–H groups in total. The van der Waals surface area contributed by atoms with Crippen LogP contribution < -0.4 is 10.6 Å². The van der Waals surface area contributed by atoms with E-state index in [1.54, 1.807) is 0 Å². The van der Waals surface area contributed by atoms with Crippen molar-refractivity contribution < 1.29 is 13.9 Å². The number of hydrogen-bond donors (Lipinski definition) is 2. The van der Waals surface area contributed by atoms with Gasteiger partial charge in [-0.25, -0.2) is 14.4 Å². The Morgan fingerprint density at radius 1 is 1.38 bits per heavy atom. The lowest BCUT2D eigenvalue weighted by atomic mass is 9.86. The highest BCUT2D eigenvalue weighted by Crippen LogP contribution is 2.28. The van der Waals surface area contributed by atoms with Crippen LogP contribution in [0, 0.1) is 11.7 Å². The minimum atomic E-state index is -0.342. The molecule has 1 saturated carbocycles. The lowest BCUT2D eigenvalue weighted by Gasteiger charge is -2.28. The molecule has 1 saturated heterocycles. The summed E-state index contributed by atoms with van der Waals surface area (Å²) in [7, 11) is 1.42. The fourth-order valence-corrected chi connectivity index (χ4v) is 3.71. The molecule has 1 aromatic rings. The second-order valence-corrected chi connectivity index (χ2v) is 6.70. The van der Waals surface area contributed by atoms with E-state index in [-0.39, 0.29) is 29.7 Å². The van der Waals surface area contributed by atoms with E-state index in [0.29, 0.717) is 18.1 Å². The van der Waals surface area contributed by atoms with Crippen molar-refractivity contribution >= 4 is 11.9 Å². The Morgan fingerprint density at radius 2 is 2.25 bits per heavy atom. The largest absolute Gasteiger partial charge is 0.469 e. The number of carbonyl (C=O) groups is 1. The Labute approximate surface area is 141 Å². The first kappa shape index (κ1) is 17.1. The zero-order valence-electron chi connectivity index (χ0n) is 14.1. The number of esters is 1. The van der Waals surface area contributed by atoms with Crippen LogP contribution in [-0.4, -0.2) is 42.2 Å². The van der Waals surface area contributed by atoms with Crippen LogP contribution in [0.1, 0.15) is 50.1 Å². The highest BCUT2D eigenvalue weighted by atomic mass is 19.1. The maximum absolute atomic E-state index is 14.1. The Bertz CT molecular complexity index is 578. The number of methoxy groups -OCH3 is 1. The van der Waals surface area contributed by atoms with Crippen LogP contribution in [0.2, 0.25) is 0 Å². The Kier molecular flexibility index (Phi) is 5.60. The summed E-state index contributed by atoms with van der Waals surface area (Å²) in [5.41, 5.74) is 0.486. The van der Waals surface area contributed by atoms with Gasteiger partial charge in [-0.1, -0.05) is 6.42 Å². The van der Waals surface area contributed by atoms with Gasteiger partial charge in [-0.15, -0.1) is 0 Å². The highest BCUT2D eigenvalue weighted by molar-refractivity contribution is 5.72. The minimum Gasteiger partial charge on any atom is -0.469 e. The molecule has 2 fully saturated rings. The van der Waals surface area contributed by atoms with Gasteiger partial charge >= 0.3 is 5.97 Å². The second kappa shape index (κ2) is 7.88. The molecule has 2 aliphatic rings. The number of rotatable bonds is 4. The quantitative estimate of drug-likeness (QED) is 0.821. The van der Waals surface area contributed by atoms with E-state index < -0.39 is 0 Å². The number of anilines is 1. The number of nitrogens with zero attached hydrogens (tertiary/aromatic N) is 2. The number of nitrogens with one attached hydrogen (secondary N) is 2. The van der Waals surface area contributed by atoms with E-state index in [0.717, 1.165) is 45.2 Å². The molecule has 2 heterocycles. The normalized spacial score (nSPS) is 27.5. The Morgan fingerprint density at radius 3 is 3.00 bits per heavy atom. The predicted octanol–water partition coefficient (Wildman–Crippen LogP) is 2.23. The molecule has 0 bridgehead atoms. The van der Waals surface area contributed by atoms with Crippen molar-refractivity contribution in [2.45, 2.75) is 50.5 Å². The van der Waals surface area contributed by atoms with Gasteiger partial charge in [-0.3, -0.25) is 4.79 Å². The third-order valence-electron chi connectivity index (χ3n) is 5.00. The number of carbonyl (C=O) groups excluding carboxylic acids is 1. The summed E-state index contributed by atoms with van der Waals surface area (Å²) < 4.78 is 19.0. The molecule has 0 spiro atoms. The smallest absolute Gasteiger partial charge is 0.308 e. The first-order valence-corrected chi connectivity index (χ1v) is 8.75. The van der Waals surface area contributed by atoms with Crippen LogP contribution >= 0.6 is 0 Å². The van der Waals surface area contributed by atoms with Crippen molar-refractivity contribution in [3.05, 3.63) is 17.7 Å². The number of halogens is 1. The number of ether oxygens (including phenoxy) is 1. The highest BCUT2D eigenvalue weighted by Gasteiger charge is 2.28. The van der Waals surface area contributed by atoms with E-state index in [1.807, 2.05) is 0 Å². The van der Waals surface area contributed by atoms with Crippen molar-refractivity contribution in [1.82, 2.24) is 15.3 Å². The predicted molar refractivity (Wildman–Crippen MR) is 88.2 cm³/mol. The molecule has 3 rings (SSSR count). The van der Waals surface area contributed by atoms with Crippen molar-refractivity contribution in [3.63, 3.8) is 0 Å². The summed E-state index contributed by atoms with van der Waals surface area (Å²) in [4.78, 5) is 20.2. The molecule has 1 unspecified atom stereocenters. The third kappa shape index (κ3) is 4.01. The van der Waals surface area contributed by atoms with Crippen molar-refractivity contribution in [2.75, 3.05) is 25.5 Å². The molecular weight excluding hydrogens is 311 g/mol. The van der Waals surface area contributed by atoms with Crippen molar-refractivity contribution in [1.29, 1.82) is 0 Å². The van der Waals surface area contributed by atoms with E-state index in [2.05, 4.69) is 20.6 Å². The van der Waals surface area contributed by atoms with Gasteiger partial charge < -0.3 is 15.4 Å². The lowest BCUT2D eigenvalue weighted by Crippen LogP contribution is -2.33. The first-order valence-electron chi connectivity index (χ1n) is 8.75. The number of hydrogen-bond acceptors (Lipinski definition) is 6. The third-order valence-corrected chi connectivity index (χ3v) is 5.00. The van der Waals surface area contributed by atoms with Gasteiger partial charge in [0.1, 0.15) is 0 Å². The molecule has 1 aliphatic carbocycles.